The average Bonchev–Trinajstić information content (AvgIpc) is 3.15. The van der Waals surface area contributed by atoms with E-state index in [4.69, 9.17) is 0 Å². The topological polar surface area (TPSA) is 68.2 Å². The number of hydrogen-bond donors (Lipinski definition) is 1. The van der Waals surface area contributed by atoms with E-state index in [9.17, 15) is 17.6 Å². The molecule has 0 spiro atoms. The summed E-state index contributed by atoms with van der Waals surface area (Å²) in [6, 6.07) is 22.7. The number of nitrogens with one attached hydrogen (secondary N) is 1. The highest BCUT2D eigenvalue weighted by Gasteiger charge is 2.23. The van der Waals surface area contributed by atoms with Gasteiger partial charge in [0.1, 0.15) is 12.4 Å². The third kappa shape index (κ3) is 4.89. The highest BCUT2D eigenvalue weighted by atomic mass is 32.2. The summed E-state index contributed by atoms with van der Waals surface area (Å²) in [6.45, 7) is 0.477. The third-order valence-electron chi connectivity index (χ3n) is 5.28. The molecule has 1 N–H and O–H groups in total. The highest BCUT2D eigenvalue weighted by molar-refractivity contribution is 7.90. The average molecular weight is 451 g/mol. The minimum absolute atomic E-state index is 0.00940. The summed E-state index contributed by atoms with van der Waals surface area (Å²) in [7, 11) is -3.82. The van der Waals surface area contributed by atoms with Gasteiger partial charge in [0.15, 0.2) is 9.84 Å². The minimum Gasteiger partial charge on any atom is -0.354 e. The lowest BCUT2D eigenvalue weighted by Crippen LogP contribution is -2.29. The van der Waals surface area contributed by atoms with Gasteiger partial charge in [-0.15, -0.1) is 0 Å². The standard InChI is InChI=1S/C25H23FN2O3S/c26-22-12-6-4-10-20(22)18-32(30,31)24-16-28(23-13-7-5-11-21(23)24)17-25(29)27-15-14-19-8-2-1-3-9-19/h1-13,16H,14-15,17-18H2,(H,27,29). The van der Waals surface area contributed by atoms with E-state index in [0.29, 0.717) is 23.9 Å². The highest BCUT2D eigenvalue weighted by Crippen LogP contribution is 2.28. The van der Waals surface area contributed by atoms with Crippen molar-refractivity contribution in [3.05, 3.63) is 102 Å². The molecule has 0 saturated carbocycles. The first-order chi connectivity index (χ1) is 15.4. The van der Waals surface area contributed by atoms with Crippen LogP contribution in [-0.2, 0) is 33.4 Å². The predicted octanol–water partition coefficient (Wildman–Crippen LogP) is 4.11. The van der Waals surface area contributed by atoms with Gasteiger partial charge in [0.25, 0.3) is 0 Å². The maximum atomic E-state index is 14.0. The van der Waals surface area contributed by atoms with E-state index in [1.165, 1.54) is 24.4 Å². The molecule has 32 heavy (non-hydrogen) atoms. The number of rotatable bonds is 8. The fourth-order valence-electron chi connectivity index (χ4n) is 3.69. The van der Waals surface area contributed by atoms with Crippen molar-refractivity contribution in [3.63, 3.8) is 0 Å². The lowest BCUT2D eigenvalue weighted by Gasteiger charge is -2.07. The first kappa shape index (κ1) is 21.8. The van der Waals surface area contributed by atoms with Crippen LogP contribution >= 0.6 is 0 Å². The second-order valence-corrected chi connectivity index (χ2v) is 9.53. The lowest BCUT2D eigenvalue weighted by atomic mass is 10.1. The van der Waals surface area contributed by atoms with Gasteiger partial charge in [-0.25, -0.2) is 12.8 Å². The van der Waals surface area contributed by atoms with Crippen LogP contribution in [0.4, 0.5) is 4.39 Å². The molecule has 4 aromatic rings. The molecular formula is C25H23FN2O3S. The number of amides is 1. The van der Waals surface area contributed by atoms with Crippen LogP contribution in [0.5, 0.6) is 0 Å². The fraction of sp³-hybridized carbons (Fsp3) is 0.160. The smallest absolute Gasteiger partial charge is 0.239 e. The Bertz CT molecular complexity index is 1350. The van der Waals surface area contributed by atoms with Gasteiger partial charge in [-0.2, -0.15) is 0 Å². The summed E-state index contributed by atoms with van der Waals surface area (Å²) in [6.07, 6.45) is 2.18. The van der Waals surface area contributed by atoms with E-state index < -0.39 is 21.4 Å². The number of carbonyl (C=O) groups is 1. The normalized spacial score (nSPS) is 11.5. The van der Waals surface area contributed by atoms with E-state index in [0.717, 1.165) is 5.56 Å². The van der Waals surface area contributed by atoms with Crippen LogP contribution < -0.4 is 5.32 Å². The number of fused-ring (bicyclic) bond motifs is 1. The maximum Gasteiger partial charge on any atom is 0.239 e. The third-order valence-corrected chi connectivity index (χ3v) is 6.97. The Morgan fingerprint density at radius 1 is 0.906 bits per heavy atom. The van der Waals surface area contributed by atoms with Crippen LogP contribution in [0, 0.1) is 5.82 Å². The molecule has 1 amide bonds. The first-order valence-corrected chi connectivity index (χ1v) is 11.9. The van der Waals surface area contributed by atoms with Crippen molar-refractivity contribution < 1.29 is 17.6 Å². The number of carbonyl (C=O) groups excluding carboxylic acids is 1. The molecule has 7 heteroatoms. The van der Waals surface area contributed by atoms with Crippen LogP contribution in [0.15, 0.2) is 90.0 Å². The zero-order valence-electron chi connectivity index (χ0n) is 17.4. The quantitative estimate of drug-likeness (QED) is 0.439. The van der Waals surface area contributed by atoms with Crippen LogP contribution in [0.1, 0.15) is 11.1 Å². The number of aromatic nitrogens is 1. The molecule has 0 aliphatic rings. The summed E-state index contributed by atoms with van der Waals surface area (Å²) in [5.41, 5.74) is 1.88. The van der Waals surface area contributed by atoms with Gasteiger partial charge in [0.05, 0.1) is 10.6 Å². The Morgan fingerprint density at radius 3 is 2.38 bits per heavy atom. The van der Waals surface area contributed by atoms with Gasteiger partial charge in [-0.3, -0.25) is 4.79 Å². The number of para-hydroxylation sites is 1. The molecule has 4 rings (SSSR count). The van der Waals surface area contributed by atoms with Gasteiger partial charge in [-0.1, -0.05) is 66.7 Å². The van der Waals surface area contributed by atoms with Crippen molar-refractivity contribution >= 4 is 26.6 Å². The van der Waals surface area contributed by atoms with Gasteiger partial charge in [0.2, 0.25) is 5.91 Å². The molecule has 164 valence electrons. The maximum absolute atomic E-state index is 14.0. The lowest BCUT2D eigenvalue weighted by molar-refractivity contribution is -0.121. The van der Waals surface area contributed by atoms with E-state index in [1.54, 1.807) is 34.9 Å². The summed E-state index contributed by atoms with van der Waals surface area (Å²) >= 11 is 0. The second kappa shape index (κ2) is 9.36. The van der Waals surface area contributed by atoms with Gasteiger partial charge in [0, 0.05) is 29.2 Å². The molecule has 0 atom stereocenters. The Labute approximate surface area is 186 Å². The van der Waals surface area contributed by atoms with Crippen molar-refractivity contribution in [3.8, 4) is 0 Å². The SMILES string of the molecule is O=C(Cn1cc(S(=O)(=O)Cc2ccccc2F)c2ccccc21)NCCc1ccccc1. The van der Waals surface area contributed by atoms with Gasteiger partial charge < -0.3 is 9.88 Å². The molecule has 5 nitrogen and oxygen atoms in total. The monoisotopic (exact) mass is 450 g/mol. The largest absolute Gasteiger partial charge is 0.354 e. The molecule has 0 aliphatic heterocycles. The number of halogens is 1. The number of nitrogens with zero attached hydrogens (tertiary/aromatic N) is 1. The van der Waals surface area contributed by atoms with E-state index >= 15 is 0 Å². The molecule has 1 heterocycles. The van der Waals surface area contributed by atoms with Crippen molar-refractivity contribution in [2.45, 2.75) is 23.6 Å². The Kier molecular flexibility index (Phi) is 6.37. The summed E-state index contributed by atoms with van der Waals surface area (Å²) in [5.74, 6) is -1.21. The Hall–Kier alpha value is -3.45. The van der Waals surface area contributed by atoms with Gasteiger partial charge in [-0.05, 0) is 24.1 Å². The van der Waals surface area contributed by atoms with Crippen molar-refractivity contribution in [1.82, 2.24) is 9.88 Å². The summed E-state index contributed by atoms with van der Waals surface area (Å²) in [5, 5.41) is 3.40. The van der Waals surface area contributed by atoms with Crippen molar-refractivity contribution in [2.75, 3.05) is 6.54 Å². The molecule has 0 saturated heterocycles. The predicted molar refractivity (Wildman–Crippen MR) is 122 cm³/mol. The molecule has 0 unspecified atom stereocenters. The van der Waals surface area contributed by atoms with Crippen LogP contribution in [-0.4, -0.2) is 25.4 Å². The second-order valence-electron chi connectivity index (χ2n) is 7.57. The van der Waals surface area contributed by atoms with Crippen LogP contribution in [0.2, 0.25) is 0 Å². The number of sulfone groups is 1. The number of benzene rings is 3. The molecular weight excluding hydrogens is 427 g/mol. The zero-order valence-corrected chi connectivity index (χ0v) is 18.2. The van der Waals surface area contributed by atoms with Crippen molar-refractivity contribution in [2.24, 2.45) is 0 Å². The first-order valence-electron chi connectivity index (χ1n) is 10.3. The number of hydrogen-bond acceptors (Lipinski definition) is 3. The van der Waals surface area contributed by atoms with Crippen molar-refractivity contribution in [1.29, 1.82) is 0 Å². The van der Waals surface area contributed by atoms with Crippen LogP contribution in [0.25, 0.3) is 10.9 Å². The van der Waals surface area contributed by atoms with E-state index in [2.05, 4.69) is 5.32 Å². The minimum atomic E-state index is -3.82. The molecule has 0 fully saturated rings. The Balaban J connectivity index is 1.53. The van der Waals surface area contributed by atoms with Crippen LogP contribution in [0.3, 0.4) is 0 Å². The van der Waals surface area contributed by atoms with E-state index in [-0.39, 0.29) is 22.9 Å². The Morgan fingerprint density at radius 2 is 1.59 bits per heavy atom. The summed E-state index contributed by atoms with van der Waals surface area (Å²) < 4.78 is 41.9. The molecule has 0 aliphatic carbocycles. The molecule has 3 aromatic carbocycles. The fourth-order valence-corrected chi connectivity index (χ4v) is 5.29. The zero-order chi connectivity index (χ0) is 22.6. The molecule has 0 radical (unpaired) electrons. The summed E-state index contributed by atoms with van der Waals surface area (Å²) in [4.78, 5) is 12.6. The van der Waals surface area contributed by atoms with Gasteiger partial charge >= 0.3 is 0 Å². The molecule has 1 aromatic heterocycles. The van der Waals surface area contributed by atoms with E-state index in [1.807, 2.05) is 30.3 Å². The molecule has 0 bridgehead atoms.